The van der Waals surface area contributed by atoms with Crippen LogP contribution in [0.5, 0.6) is 0 Å². The molecule has 2 heterocycles. The van der Waals surface area contributed by atoms with Crippen LogP contribution in [0, 0.1) is 0 Å². The Morgan fingerprint density at radius 2 is 1.88 bits per heavy atom. The Bertz CT molecular complexity index is 353. The molecule has 4 nitrogen and oxygen atoms in total. The van der Waals surface area contributed by atoms with E-state index in [0.717, 1.165) is 11.5 Å². The molecule has 0 unspecified atom stereocenters. The second-order valence-corrected chi connectivity index (χ2v) is 5.11. The number of nitrogens with one attached hydrogen (secondary N) is 4. The summed E-state index contributed by atoms with van der Waals surface area (Å²) in [6.45, 7) is 4.25. The lowest BCUT2D eigenvalue weighted by Crippen LogP contribution is -2.57. The molecule has 6 heteroatoms. The lowest BCUT2D eigenvalue weighted by molar-refractivity contribution is 0.458. The van der Waals surface area contributed by atoms with Crippen LogP contribution in [0.15, 0.2) is 11.8 Å². The van der Waals surface area contributed by atoms with Crippen molar-refractivity contribution in [3.63, 3.8) is 0 Å². The highest BCUT2D eigenvalue weighted by atomic mass is 32.1. The lowest BCUT2D eigenvalue weighted by Gasteiger charge is -2.36. The van der Waals surface area contributed by atoms with Crippen molar-refractivity contribution in [2.24, 2.45) is 0 Å². The molecule has 0 aromatic heterocycles. The van der Waals surface area contributed by atoms with Gasteiger partial charge in [-0.3, -0.25) is 0 Å². The van der Waals surface area contributed by atoms with Crippen molar-refractivity contribution >= 4 is 34.7 Å². The fourth-order valence-corrected chi connectivity index (χ4v) is 2.69. The molecule has 1 fully saturated rings. The van der Waals surface area contributed by atoms with Crippen molar-refractivity contribution < 1.29 is 0 Å². The number of hydrogen-bond donors (Lipinski definition) is 4. The Morgan fingerprint density at radius 3 is 2.50 bits per heavy atom. The molecular weight excluding hydrogens is 240 g/mol. The molecule has 0 radical (unpaired) electrons. The van der Waals surface area contributed by atoms with E-state index in [0.29, 0.717) is 11.2 Å². The van der Waals surface area contributed by atoms with Gasteiger partial charge in [-0.15, -0.1) is 0 Å². The first kappa shape index (κ1) is 11.6. The van der Waals surface area contributed by atoms with E-state index >= 15 is 0 Å². The molecule has 0 bridgehead atoms. The fraction of sp³-hybridized carbons (Fsp3) is 0.600. The van der Waals surface area contributed by atoms with Gasteiger partial charge in [0, 0.05) is 12.2 Å². The van der Waals surface area contributed by atoms with Gasteiger partial charge in [0.1, 0.15) is 0 Å². The van der Waals surface area contributed by atoms with Gasteiger partial charge in [0.2, 0.25) is 0 Å². The molecule has 2 aliphatic rings. The van der Waals surface area contributed by atoms with Crippen LogP contribution in [0.25, 0.3) is 0 Å². The molecule has 0 saturated carbocycles. The van der Waals surface area contributed by atoms with Crippen molar-refractivity contribution in [3.05, 3.63) is 11.8 Å². The van der Waals surface area contributed by atoms with E-state index in [1.165, 1.54) is 5.57 Å². The van der Waals surface area contributed by atoms with Crippen LogP contribution in [0.1, 0.15) is 20.3 Å². The third-order valence-electron chi connectivity index (χ3n) is 2.89. The first-order chi connectivity index (χ1) is 7.56. The van der Waals surface area contributed by atoms with Gasteiger partial charge in [0.25, 0.3) is 0 Å². The van der Waals surface area contributed by atoms with Crippen LogP contribution in [0.4, 0.5) is 0 Å². The van der Waals surface area contributed by atoms with E-state index in [9.17, 15) is 0 Å². The number of thiocarbonyl (C=S) groups is 2. The summed E-state index contributed by atoms with van der Waals surface area (Å²) in [6, 6.07) is 0.932. The summed E-state index contributed by atoms with van der Waals surface area (Å²) in [6.07, 6.45) is 3.01. The van der Waals surface area contributed by atoms with Crippen LogP contribution < -0.4 is 21.3 Å². The molecule has 1 saturated heterocycles. The van der Waals surface area contributed by atoms with E-state index in [-0.39, 0.29) is 12.1 Å². The second-order valence-electron chi connectivity index (χ2n) is 4.29. The molecule has 4 N–H and O–H groups in total. The molecular formula is C10H16N4S2. The minimum Gasteiger partial charge on any atom is -0.360 e. The van der Waals surface area contributed by atoms with Crippen molar-refractivity contribution in [2.45, 2.75) is 38.4 Å². The average molecular weight is 256 g/mol. The molecule has 0 aliphatic carbocycles. The summed E-state index contributed by atoms with van der Waals surface area (Å²) in [5.74, 6) is 0. The minimum atomic E-state index is 0.249. The van der Waals surface area contributed by atoms with E-state index in [1.54, 1.807) is 0 Å². The summed E-state index contributed by atoms with van der Waals surface area (Å²) in [7, 11) is 0. The first-order valence-corrected chi connectivity index (χ1v) is 6.22. The Kier molecular flexibility index (Phi) is 3.30. The Hall–Kier alpha value is -0.880. The quantitative estimate of drug-likeness (QED) is 0.508. The lowest BCUT2D eigenvalue weighted by atomic mass is 9.93. The first-order valence-electron chi connectivity index (χ1n) is 5.40. The molecule has 16 heavy (non-hydrogen) atoms. The van der Waals surface area contributed by atoms with Gasteiger partial charge in [-0.2, -0.15) is 0 Å². The molecule has 0 aromatic carbocycles. The summed E-state index contributed by atoms with van der Waals surface area (Å²) in [4.78, 5) is 0. The van der Waals surface area contributed by atoms with Crippen LogP contribution >= 0.6 is 24.4 Å². The minimum absolute atomic E-state index is 0.249. The van der Waals surface area contributed by atoms with Gasteiger partial charge in [-0.05, 0) is 50.3 Å². The molecule has 2 aliphatic heterocycles. The Labute approximate surface area is 106 Å². The van der Waals surface area contributed by atoms with Crippen molar-refractivity contribution in [1.29, 1.82) is 0 Å². The highest BCUT2D eigenvalue weighted by molar-refractivity contribution is 7.80. The van der Waals surface area contributed by atoms with Crippen molar-refractivity contribution in [3.8, 4) is 0 Å². The number of hydrogen-bond acceptors (Lipinski definition) is 2. The van der Waals surface area contributed by atoms with Crippen LogP contribution in [-0.2, 0) is 0 Å². The third kappa shape index (κ3) is 2.44. The predicted molar refractivity (Wildman–Crippen MR) is 73.2 cm³/mol. The van der Waals surface area contributed by atoms with Gasteiger partial charge in [0.05, 0.1) is 12.1 Å². The van der Waals surface area contributed by atoms with E-state index in [1.807, 2.05) is 6.20 Å². The maximum absolute atomic E-state index is 5.17. The molecule has 88 valence electrons. The summed E-state index contributed by atoms with van der Waals surface area (Å²) in [5.41, 5.74) is 1.27. The van der Waals surface area contributed by atoms with Gasteiger partial charge in [0.15, 0.2) is 10.2 Å². The van der Waals surface area contributed by atoms with Crippen LogP contribution in [-0.4, -0.2) is 28.4 Å². The molecule has 2 rings (SSSR count). The molecule has 3 atom stereocenters. The highest BCUT2D eigenvalue weighted by Crippen LogP contribution is 2.17. The van der Waals surface area contributed by atoms with Crippen molar-refractivity contribution in [1.82, 2.24) is 21.3 Å². The van der Waals surface area contributed by atoms with E-state index in [4.69, 9.17) is 24.4 Å². The predicted octanol–water partition coefficient (Wildman–Crippen LogP) is 0.361. The standard InChI is InChI=1S/C10H16N4S2/c1-5-3-8(14-10(16)12-5)7-4-11-9(15)13-6(7)2/h4-6,8H,3H2,1-2H3,(H2,11,13,15)(H2,12,14,16)/t5-,6+,8-/m1/s1. The third-order valence-corrected chi connectivity index (χ3v) is 3.36. The zero-order valence-corrected chi connectivity index (χ0v) is 11.0. The zero-order chi connectivity index (χ0) is 11.7. The summed E-state index contributed by atoms with van der Waals surface area (Å²) in [5, 5.41) is 14.1. The topological polar surface area (TPSA) is 48.1 Å². The Balaban J connectivity index is 2.12. The van der Waals surface area contributed by atoms with Gasteiger partial charge >= 0.3 is 0 Å². The molecule has 0 spiro atoms. The maximum atomic E-state index is 5.17. The fourth-order valence-electron chi connectivity index (χ4n) is 2.11. The van der Waals surface area contributed by atoms with E-state index < -0.39 is 0 Å². The largest absolute Gasteiger partial charge is 0.360 e. The smallest absolute Gasteiger partial charge is 0.170 e. The molecule has 0 amide bonds. The summed E-state index contributed by atoms with van der Waals surface area (Å²) >= 11 is 10.2. The normalized spacial score (nSPS) is 34.1. The van der Waals surface area contributed by atoms with Gasteiger partial charge in [-0.25, -0.2) is 0 Å². The van der Waals surface area contributed by atoms with Gasteiger partial charge < -0.3 is 21.3 Å². The van der Waals surface area contributed by atoms with E-state index in [2.05, 4.69) is 35.1 Å². The monoisotopic (exact) mass is 256 g/mol. The zero-order valence-electron chi connectivity index (χ0n) is 9.33. The Morgan fingerprint density at radius 1 is 1.12 bits per heavy atom. The van der Waals surface area contributed by atoms with Crippen LogP contribution in [0.3, 0.4) is 0 Å². The number of rotatable bonds is 1. The second kappa shape index (κ2) is 4.55. The van der Waals surface area contributed by atoms with Crippen LogP contribution in [0.2, 0.25) is 0 Å². The SMILES string of the molecule is C[C@@H]1C[C@H](C2=CNC(=S)N[C@H]2C)NC(=S)N1. The van der Waals surface area contributed by atoms with Crippen molar-refractivity contribution in [2.75, 3.05) is 0 Å². The maximum Gasteiger partial charge on any atom is 0.170 e. The average Bonchev–Trinajstić information content (AvgIpc) is 2.15. The summed E-state index contributed by atoms with van der Waals surface area (Å²) < 4.78 is 0. The highest BCUT2D eigenvalue weighted by Gasteiger charge is 2.28. The molecule has 0 aromatic rings. The van der Waals surface area contributed by atoms with Gasteiger partial charge in [-0.1, -0.05) is 0 Å².